The lowest BCUT2D eigenvalue weighted by molar-refractivity contribution is 1.35. The van der Waals surface area contributed by atoms with Gasteiger partial charge in [0.05, 0.1) is 0 Å². The molecule has 0 saturated heterocycles. The number of hydrogen-bond acceptors (Lipinski definition) is 2. The zero-order valence-electron chi connectivity index (χ0n) is 13.4. The minimum atomic E-state index is -1.35. The van der Waals surface area contributed by atoms with E-state index in [9.17, 15) is 0 Å². The molecule has 0 aliphatic rings. The second kappa shape index (κ2) is 5.50. The second-order valence-corrected chi connectivity index (χ2v) is 18.2. The van der Waals surface area contributed by atoms with Gasteiger partial charge in [0.25, 0.3) is 0 Å². The molecule has 1 aromatic carbocycles. The van der Waals surface area contributed by atoms with Gasteiger partial charge in [-0.25, -0.2) is 0 Å². The Kier molecular flexibility index (Phi) is 4.28. The van der Waals surface area contributed by atoms with Crippen LogP contribution in [-0.4, -0.2) is 16.5 Å². The summed E-state index contributed by atoms with van der Waals surface area (Å²) in [6, 6.07) is 13.5. The van der Waals surface area contributed by atoms with Gasteiger partial charge < -0.3 is 4.23 Å². The molecule has 2 rings (SSSR count). The van der Waals surface area contributed by atoms with Crippen LogP contribution in [0.2, 0.25) is 39.3 Å². The molecule has 2 aromatic rings. The fraction of sp³-hybridized carbons (Fsp3) is 0.375. The van der Waals surface area contributed by atoms with Crippen LogP contribution in [-0.2, 0) is 0 Å². The Labute approximate surface area is 129 Å². The number of rotatable bonds is 4. The van der Waals surface area contributed by atoms with Gasteiger partial charge in [-0.05, 0) is 29.1 Å². The summed E-state index contributed by atoms with van der Waals surface area (Å²) in [5.74, 6) is 0. The van der Waals surface area contributed by atoms with E-state index >= 15 is 0 Å². The van der Waals surface area contributed by atoms with E-state index in [4.69, 9.17) is 0 Å². The fourth-order valence-corrected chi connectivity index (χ4v) is 13.6. The number of benzene rings is 1. The minimum absolute atomic E-state index is 1.33. The Morgan fingerprint density at radius 1 is 0.800 bits per heavy atom. The van der Waals surface area contributed by atoms with Crippen molar-refractivity contribution in [3.05, 3.63) is 41.8 Å². The summed E-state index contributed by atoms with van der Waals surface area (Å²) < 4.78 is 2.76. The van der Waals surface area contributed by atoms with E-state index < -0.39 is 16.5 Å². The number of anilines is 1. The lowest BCUT2D eigenvalue weighted by atomic mass is 10.2. The van der Waals surface area contributed by atoms with E-state index in [-0.39, 0.29) is 0 Å². The van der Waals surface area contributed by atoms with Crippen molar-refractivity contribution in [1.82, 2.24) is 0 Å². The summed E-state index contributed by atoms with van der Waals surface area (Å²) in [5.41, 5.74) is 2.73. The van der Waals surface area contributed by atoms with E-state index in [1.165, 1.54) is 16.1 Å². The SMILES string of the molecule is C[Si](C)(C)N(c1ccc(-c2cccs2)cc1)[Si](C)(C)C. The first-order chi connectivity index (χ1) is 9.19. The Bertz CT molecular complexity index is 534. The van der Waals surface area contributed by atoms with Crippen molar-refractivity contribution in [2.24, 2.45) is 0 Å². The van der Waals surface area contributed by atoms with Gasteiger partial charge in [0.2, 0.25) is 0 Å². The van der Waals surface area contributed by atoms with Crippen LogP contribution in [0, 0.1) is 0 Å². The first-order valence-electron chi connectivity index (χ1n) is 7.14. The zero-order valence-corrected chi connectivity index (χ0v) is 16.2. The van der Waals surface area contributed by atoms with Crippen molar-refractivity contribution in [3.8, 4) is 10.4 Å². The summed E-state index contributed by atoms with van der Waals surface area (Å²) >= 11 is 1.81. The normalized spacial score (nSPS) is 12.5. The van der Waals surface area contributed by atoms with Crippen LogP contribution in [0.4, 0.5) is 5.69 Å². The highest BCUT2D eigenvalue weighted by Gasteiger charge is 2.34. The zero-order chi connectivity index (χ0) is 15.0. The van der Waals surface area contributed by atoms with E-state index in [1.807, 2.05) is 0 Å². The number of nitrogens with zero attached hydrogens (tertiary/aromatic N) is 1. The predicted octanol–water partition coefficient (Wildman–Crippen LogP) is 5.89. The Morgan fingerprint density at radius 3 is 1.75 bits per heavy atom. The molecule has 0 saturated carbocycles. The van der Waals surface area contributed by atoms with Crippen molar-refractivity contribution >= 4 is 33.5 Å². The highest BCUT2D eigenvalue weighted by Crippen LogP contribution is 2.31. The van der Waals surface area contributed by atoms with Gasteiger partial charge in [-0.1, -0.05) is 57.5 Å². The van der Waals surface area contributed by atoms with Crippen molar-refractivity contribution in [3.63, 3.8) is 0 Å². The maximum absolute atomic E-state index is 2.76. The van der Waals surface area contributed by atoms with Crippen LogP contribution in [0.5, 0.6) is 0 Å². The monoisotopic (exact) mass is 319 g/mol. The molecule has 0 atom stereocenters. The third-order valence-electron chi connectivity index (χ3n) is 3.27. The molecule has 1 nitrogen and oxygen atoms in total. The molecule has 0 unspecified atom stereocenters. The first kappa shape index (κ1) is 15.5. The van der Waals surface area contributed by atoms with E-state index in [1.54, 1.807) is 11.3 Å². The van der Waals surface area contributed by atoms with E-state index in [0.29, 0.717) is 0 Å². The van der Waals surface area contributed by atoms with Crippen LogP contribution in [0.3, 0.4) is 0 Å². The molecule has 0 aliphatic carbocycles. The van der Waals surface area contributed by atoms with Crippen LogP contribution in [0.1, 0.15) is 0 Å². The van der Waals surface area contributed by atoms with Crippen molar-refractivity contribution < 1.29 is 0 Å². The van der Waals surface area contributed by atoms with Crippen LogP contribution >= 0.6 is 11.3 Å². The van der Waals surface area contributed by atoms with Crippen LogP contribution in [0.25, 0.3) is 10.4 Å². The molecule has 0 bridgehead atoms. The lowest BCUT2D eigenvalue weighted by Crippen LogP contribution is -2.59. The van der Waals surface area contributed by atoms with Crippen molar-refractivity contribution in [1.29, 1.82) is 0 Å². The lowest BCUT2D eigenvalue weighted by Gasteiger charge is -2.46. The van der Waals surface area contributed by atoms with Crippen LogP contribution in [0.15, 0.2) is 41.8 Å². The highest BCUT2D eigenvalue weighted by atomic mass is 32.1. The minimum Gasteiger partial charge on any atom is -0.425 e. The van der Waals surface area contributed by atoms with Crippen molar-refractivity contribution in [2.45, 2.75) is 39.3 Å². The van der Waals surface area contributed by atoms with E-state index in [0.717, 1.165) is 0 Å². The fourth-order valence-electron chi connectivity index (χ4n) is 3.00. The Morgan fingerprint density at radius 2 is 1.35 bits per heavy atom. The third-order valence-corrected chi connectivity index (χ3v) is 11.4. The molecular weight excluding hydrogens is 294 g/mol. The van der Waals surface area contributed by atoms with Gasteiger partial charge >= 0.3 is 0 Å². The van der Waals surface area contributed by atoms with Gasteiger partial charge in [0.15, 0.2) is 0 Å². The highest BCUT2D eigenvalue weighted by molar-refractivity contribution is 7.13. The smallest absolute Gasteiger partial charge is 0.138 e. The molecule has 4 heteroatoms. The molecule has 20 heavy (non-hydrogen) atoms. The van der Waals surface area contributed by atoms with Gasteiger partial charge in [-0.15, -0.1) is 11.3 Å². The average molecular weight is 320 g/mol. The molecular formula is C16H25NSSi2. The standard InChI is InChI=1S/C16H25NSSi2/c1-19(2,3)17(20(4,5)6)15-11-9-14(10-12-15)16-8-7-13-18-16/h7-13H,1-6H3. The van der Waals surface area contributed by atoms with Gasteiger partial charge in [-0.2, -0.15) is 0 Å². The molecule has 1 aromatic heterocycles. The summed E-state index contributed by atoms with van der Waals surface area (Å²) in [5, 5.41) is 2.14. The van der Waals surface area contributed by atoms with Gasteiger partial charge in [0.1, 0.15) is 16.5 Å². The molecule has 0 spiro atoms. The third kappa shape index (κ3) is 3.42. The Balaban J connectivity index is 2.37. The largest absolute Gasteiger partial charge is 0.425 e. The molecule has 0 radical (unpaired) electrons. The molecule has 108 valence electrons. The first-order valence-corrected chi connectivity index (χ1v) is 14.9. The second-order valence-electron chi connectivity index (χ2n) is 7.20. The quantitative estimate of drug-likeness (QED) is 0.635. The predicted molar refractivity (Wildman–Crippen MR) is 98.9 cm³/mol. The molecule has 0 aliphatic heterocycles. The molecule has 1 heterocycles. The molecule has 0 fully saturated rings. The average Bonchev–Trinajstić information content (AvgIpc) is 2.79. The van der Waals surface area contributed by atoms with Gasteiger partial charge in [0, 0.05) is 10.6 Å². The number of hydrogen-bond donors (Lipinski definition) is 0. The maximum Gasteiger partial charge on any atom is 0.138 e. The maximum atomic E-state index is 2.76. The molecule has 0 amide bonds. The van der Waals surface area contributed by atoms with E-state index in [2.05, 4.69) is 85.3 Å². The molecule has 0 N–H and O–H groups in total. The van der Waals surface area contributed by atoms with Gasteiger partial charge in [-0.3, -0.25) is 0 Å². The summed E-state index contributed by atoms with van der Waals surface area (Å²) in [7, 11) is -2.70. The summed E-state index contributed by atoms with van der Waals surface area (Å²) in [6.07, 6.45) is 0. The Hall–Kier alpha value is -0.846. The topological polar surface area (TPSA) is 3.24 Å². The summed E-state index contributed by atoms with van der Waals surface area (Å²) in [6.45, 7) is 14.7. The van der Waals surface area contributed by atoms with Crippen LogP contribution < -0.4 is 4.23 Å². The van der Waals surface area contributed by atoms with Crippen molar-refractivity contribution in [2.75, 3.05) is 4.23 Å². The number of thiophene rings is 1. The summed E-state index contributed by atoms with van der Waals surface area (Å²) in [4.78, 5) is 1.35.